The average Bonchev–Trinajstić information content (AvgIpc) is 2.27. The Labute approximate surface area is 111 Å². The van der Waals surface area contributed by atoms with Crippen molar-refractivity contribution in [1.29, 1.82) is 0 Å². The number of β-amino-alcohol motifs (C(OH)–C–C–N with tert-alkyl or cyclic N) is 1. The van der Waals surface area contributed by atoms with Gasteiger partial charge in [0.1, 0.15) is 0 Å². The second kappa shape index (κ2) is 5.53. The van der Waals surface area contributed by atoms with E-state index in [0.29, 0.717) is 29.1 Å². The van der Waals surface area contributed by atoms with Gasteiger partial charge < -0.3 is 5.11 Å². The fourth-order valence-corrected chi connectivity index (χ4v) is 2.47. The maximum atomic E-state index is 9.82. The van der Waals surface area contributed by atoms with Gasteiger partial charge in [-0.1, -0.05) is 30.1 Å². The van der Waals surface area contributed by atoms with Crippen LogP contribution in [0.2, 0.25) is 10.0 Å². The van der Waals surface area contributed by atoms with E-state index in [1.807, 2.05) is 0 Å². The minimum Gasteiger partial charge on any atom is -0.392 e. The van der Waals surface area contributed by atoms with Gasteiger partial charge in [-0.25, -0.2) is 0 Å². The first-order valence-electron chi connectivity index (χ1n) is 5.76. The van der Waals surface area contributed by atoms with Crippen LogP contribution in [0.15, 0.2) is 12.3 Å². The molecule has 0 aromatic carbocycles. The van der Waals surface area contributed by atoms with Crippen molar-refractivity contribution in [3.8, 4) is 0 Å². The lowest BCUT2D eigenvalue weighted by atomic mass is 9.96. The highest BCUT2D eigenvalue weighted by atomic mass is 35.5. The maximum absolute atomic E-state index is 9.82. The zero-order valence-electron chi connectivity index (χ0n) is 9.74. The van der Waals surface area contributed by atoms with Crippen LogP contribution in [0.1, 0.15) is 19.0 Å². The topological polar surface area (TPSA) is 36.4 Å². The molecule has 0 radical (unpaired) electrons. The van der Waals surface area contributed by atoms with Gasteiger partial charge in [0, 0.05) is 19.3 Å². The Bertz CT molecular complexity index is 400. The maximum Gasteiger partial charge on any atom is 0.0730 e. The molecule has 2 unspecified atom stereocenters. The lowest BCUT2D eigenvalue weighted by molar-refractivity contribution is 0.0254. The van der Waals surface area contributed by atoms with Gasteiger partial charge in [0.05, 0.1) is 21.8 Å². The number of pyridine rings is 1. The molecule has 0 aliphatic carbocycles. The van der Waals surface area contributed by atoms with Gasteiger partial charge in [0.25, 0.3) is 0 Å². The normalized spacial score (nSPS) is 26.1. The molecular formula is C12H16Cl2N2O. The van der Waals surface area contributed by atoms with E-state index >= 15 is 0 Å². The third-order valence-electron chi connectivity index (χ3n) is 3.26. The zero-order valence-corrected chi connectivity index (χ0v) is 11.2. The highest BCUT2D eigenvalue weighted by Gasteiger charge is 2.24. The van der Waals surface area contributed by atoms with E-state index in [0.717, 1.165) is 18.7 Å². The highest BCUT2D eigenvalue weighted by Crippen LogP contribution is 2.23. The van der Waals surface area contributed by atoms with Crippen LogP contribution in [0.4, 0.5) is 0 Å². The van der Waals surface area contributed by atoms with Crippen LogP contribution >= 0.6 is 23.2 Å². The van der Waals surface area contributed by atoms with Crippen molar-refractivity contribution < 1.29 is 5.11 Å². The van der Waals surface area contributed by atoms with Crippen molar-refractivity contribution in [2.24, 2.45) is 5.92 Å². The molecule has 0 bridgehead atoms. The van der Waals surface area contributed by atoms with Crippen LogP contribution in [0, 0.1) is 5.92 Å². The van der Waals surface area contributed by atoms with Crippen molar-refractivity contribution >= 4 is 23.2 Å². The van der Waals surface area contributed by atoms with E-state index in [9.17, 15) is 5.11 Å². The van der Waals surface area contributed by atoms with E-state index in [4.69, 9.17) is 23.2 Å². The summed E-state index contributed by atoms with van der Waals surface area (Å²) < 4.78 is 0. The van der Waals surface area contributed by atoms with Crippen LogP contribution in [0.25, 0.3) is 0 Å². The molecule has 1 aromatic rings. The number of nitrogens with zero attached hydrogens (tertiary/aromatic N) is 2. The third-order valence-corrected chi connectivity index (χ3v) is 3.79. The Kier molecular flexibility index (Phi) is 4.26. The number of aliphatic hydroxyl groups excluding tert-OH is 1. The fourth-order valence-electron chi connectivity index (χ4n) is 2.03. The number of aliphatic hydroxyl groups is 1. The van der Waals surface area contributed by atoms with Crippen LogP contribution in [0.5, 0.6) is 0 Å². The van der Waals surface area contributed by atoms with Crippen molar-refractivity contribution in [2.45, 2.75) is 26.0 Å². The SMILES string of the molecule is CC1CCN(Cc2ncc(Cl)cc2Cl)CC1O. The van der Waals surface area contributed by atoms with Gasteiger partial charge in [-0.2, -0.15) is 0 Å². The quantitative estimate of drug-likeness (QED) is 0.901. The molecule has 17 heavy (non-hydrogen) atoms. The molecule has 5 heteroatoms. The number of piperidine rings is 1. The summed E-state index contributed by atoms with van der Waals surface area (Å²) >= 11 is 11.9. The number of aromatic nitrogens is 1. The molecule has 1 saturated heterocycles. The van der Waals surface area contributed by atoms with Gasteiger partial charge >= 0.3 is 0 Å². The number of hydrogen-bond donors (Lipinski definition) is 1. The predicted molar refractivity (Wildman–Crippen MR) is 69.3 cm³/mol. The van der Waals surface area contributed by atoms with Crippen molar-refractivity contribution in [3.05, 3.63) is 28.0 Å². The largest absolute Gasteiger partial charge is 0.392 e. The summed E-state index contributed by atoms with van der Waals surface area (Å²) in [6.45, 7) is 4.40. The lowest BCUT2D eigenvalue weighted by Crippen LogP contribution is -2.42. The molecule has 1 aliphatic rings. The summed E-state index contributed by atoms with van der Waals surface area (Å²) in [5, 5.41) is 11.0. The number of rotatable bonds is 2. The Morgan fingerprint density at radius 3 is 2.94 bits per heavy atom. The zero-order chi connectivity index (χ0) is 12.4. The summed E-state index contributed by atoms with van der Waals surface area (Å²) in [4.78, 5) is 6.40. The van der Waals surface area contributed by atoms with Gasteiger partial charge in [0.15, 0.2) is 0 Å². The van der Waals surface area contributed by atoms with Crippen molar-refractivity contribution in [1.82, 2.24) is 9.88 Å². The molecular weight excluding hydrogens is 259 g/mol. The highest BCUT2D eigenvalue weighted by molar-refractivity contribution is 6.34. The van der Waals surface area contributed by atoms with E-state index in [2.05, 4.69) is 16.8 Å². The molecule has 0 saturated carbocycles. The van der Waals surface area contributed by atoms with E-state index in [1.54, 1.807) is 12.3 Å². The van der Waals surface area contributed by atoms with Gasteiger partial charge in [-0.3, -0.25) is 9.88 Å². The van der Waals surface area contributed by atoms with E-state index in [1.165, 1.54) is 0 Å². The van der Waals surface area contributed by atoms with Crippen LogP contribution in [0.3, 0.4) is 0 Å². The second-order valence-corrected chi connectivity index (χ2v) is 5.49. The minimum absolute atomic E-state index is 0.255. The smallest absolute Gasteiger partial charge is 0.0730 e. The van der Waals surface area contributed by atoms with Crippen LogP contribution < -0.4 is 0 Å². The molecule has 0 amide bonds. The lowest BCUT2D eigenvalue weighted by Gasteiger charge is -2.34. The first-order chi connectivity index (χ1) is 8.06. The molecule has 1 N–H and O–H groups in total. The summed E-state index contributed by atoms with van der Waals surface area (Å²) in [6, 6.07) is 1.70. The predicted octanol–water partition coefficient (Wildman–Crippen LogP) is 2.59. The van der Waals surface area contributed by atoms with E-state index < -0.39 is 0 Å². The van der Waals surface area contributed by atoms with Crippen molar-refractivity contribution in [3.63, 3.8) is 0 Å². The first-order valence-corrected chi connectivity index (χ1v) is 6.52. The van der Waals surface area contributed by atoms with Crippen molar-refractivity contribution in [2.75, 3.05) is 13.1 Å². The Morgan fingerprint density at radius 2 is 2.29 bits per heavy atom. The molecule has 0 spiro atoms. The second-order valence-electron chi connectivity index (χ2n) is 4.65. The molecule has 1 aromatic heterocycles. The molecule has 94 valence electrons. The summed E-state index contributed by atoms with van der Waals surface area (Å²) in [5.41, 5.74) is 0.817. The molecule has 2 atom stereocenters. The van der Waals surface area contributed by atoms with E-state index in [-0.39, 0.29) is 6.10 Å². The monoisotopic (exact) mass is 274 g/mol. The summed E-state index contributed by atoms with van der Waals surface area (Å²) in [7, 11) is 0. The Morgan fingerprint density at radius 1 is 1.53 bits per heavy atom. The number of likely N-dealkylation sites (tertiary alicyclic amines) is 1. The molecule has 1 aliphatic heterocycles. The number of halogens is 2. The van der Waals surface area contributed by atoms with Crippen LogP contribution in [-0.2, 0) is 6.54 Å². The average molecular weight is 275 g/mol. The fraction of sp³-hybridized carbons (Fsp3) is 0.583. The molecule has 2 heterocycles. The first kappa shape index (κ1) is 13.1. The van der Waals surface area contributed by atoms with Crippen LogP contribution in [-0.4, -0.2) is 34.2 Å². The third kappa shape index (κ3) is 3.32. The Balaban J connectivity index is 2.01. The standard InChI is InChI=1S/C12H16Cl2N2O/c1-8-2-3-16(7-12(8)17)6-11-10(14)4-9(13)5-15-11/h4-5,8,12,17H,2-3,6-7H2,1H3. The van der Waals surface area contributed by atoms with Gasteiger partial charge in [0.2, 0.25) is 0 Å². The molecule has 1 fully saturated rings. The summed E-state index contributed by atoms with van der Waals surface area (Å²) in [5.74, 6) is 0.375. The summed E-state index contributed by atoms with van der Waals surface area (Å²) in [6.07, 6.45) is 2.35. The molecule has 2 rings (SSSR count). The minimum atomic E-state index is -0.255. The van der Waals surface area contributed by atoms with Gasteiger partial charge in [-0.05, 0) is 24.9 Å². The molecule has 3 nitrogen and oxygen atoms in total. The number of hydrogen-bond acceptors (Lipinski definition) is 3. The van der Waals surface area contributed by atoms with Gasteiger partial charge in [-0.15, -0.1) is 0 Å². The Hall–Kier alpha value is -0.350.